The summed E-state index contributed by atoms with van der Waals surface area (Å²) >= 11 is 6.92. The Morgan fingerprint density at radius 2 is 1.83 bits per heavy atom. The van der Waals surface area contributed by atoms with E-state index in [-0.39, 0.29) is 11.6 Å². The molecule has 1 saturated heterocycles. The van der Waals surface area contributed by atoms with E-state index in [4.69, 9.17) is 45.7 Å². The number of piperidine rings is 1. The van der Waals surface area contributed by atoms with Crippen molar-refractivity contribution in [3.8, 4) is 28.4 Å². The number of nitrogens with zero attached hydrogens (tertiary/aromatic N) is 4. The van der Waals surface area contributed by atoms with Crippen molar-refractivity contribution < 1.29 is 27.6 Å². The number of primary amides is 1. The number of anilines is 1. The van der Waals surface area contributed by atoms with E-state index in [0.717, 1.165) is 30.5 Å². The Bertz CT molecular complexity index is 1750. The van der Waals surface area contributed by atoms with Gasteiger partial charge in [0.1, 0.15) is 29.6 Å². The van der Waals surface area contributed by atoms with Crippen molar-refractivity contribution in [2.24, 2.45) is 11.1 Å². The molecule has 1 saturated carbocycles. The van der Waals surface area contributed by atoms with Crippen LogP contribution in [-0.4, -0.2) is 84.6 Å². The highest BCUT2D eigenvalue weighted by Crippen LogP contribution is 2.42. The lowest BCUT2D eigenvalue weighted by atomic mass is 9.84. The second-order valence-corrected chi connectivity index (χ2v) is 22.4. The summed E-state index contributed by atoms with van der Waals surface area (Å²) in [7, 11) is -2.30. The monoisotopic (exact) mass is 772 g/mol. The summed E-state index contributed by atoms with van der Waals surface area (Å²) in [5.41, 5.74) is 8.31. The van der Waals surface area contributed by atoms with Crippen LogP contribution in [0.3, 0.4) is 0 Å². The fourth-order valence-corrected chi connectivity index (χ4v) is 8.24. The second kappa shape index (κ2) is 15.8. The van der Waals surface area contributed by atoms with E-state index in [0.29, 0.717) is 70.6 Å². The van der Waals surface area contributed by atoms with Gasteiger partial charge in [-0.15, -0.1) is 0 Å². The van der Waals surface area contributed by atoms with Crippen LogP contribution in [0.25, 0.3) is 22.6 Å². The topological polar surface area (TPSA) is 138 Å². The number of aromatic nitrogens is 3. The number of hydrogen-bond donors (Lipinski definition) is 2. The van der Waals surface area contributed by atoms with Crippen LogP contribution in [0.15, 0.2) is 22.7 Å². The highest BCUT2D eigenvalue weighted by molar-refractivity contribution is 6.74. The maximum absolute atomic E-state index is 15.7. The van der Waals surface area contributed by atoms with E-state index in [1.54, 1.807) is 6.07 Å². The molecule has 1 unspecified atom stereocenters. The van der Waals surface area contributed by atoms with E-state index in [1.807, 2.05) is 32.9 Å². The third-order valence-corrected chi connectivity index (χ3v) is 15.7. The number of alkyl halides is 1. The molecule has 3 aromatic rings. The van der Waals surface area contributed by atoms with Gasteiger partial charge < -0.3 is 29.5 Å². The van der Waals surface area contributed by atoms with Gasteiger partial charge in [-0.25, -0.2) is 19.2 Å². The molecule has 0 radical (unpaired) electrons. The Labute approximate surface area is 320 Å². The number of nitrogens with two attached hydrogens (primary N) is 1. The number of aryl methyl sites for hydroxylation is 2. The van der Waals surface area contributed by atoms with E-state index < -0.39 is 44.2 Å². The summed E-state index contributed by atoms with van der Waals surface area (Å²) in [6.07, 6.45) is 0.588. The van der Waals surface area contributed by atoms with Gasteiger partial charge in [-0.1, -0.05) is 58.3 Å². The van der Waals surface area contributed by atoms with Crippen molar-refractivity contribution in [3.05, 3.63) is 40.2 Å². The van der Waals surface area contributed by atoms with Crippen LogP contribution in [0.1, 0.15) is 84.2 Å². The summed E-state index contributed by atoms with van der Waals surface area (Å²) in [4.78, 5) is 23.8. The van der Waals surface area contributed by atoms with E-state index in [9.17, 15) is 4.79 Å². The number of benzene rings is 1. The molecule has 0 spiro atoms. The molecule has 3 N–H and O–H groups in total. The Hall–Kier alpha value is -3.26. The van der Waals surface area contributed by atoms with Crippen LogP contribution < -0.4 is 15.8 Å². The van der Waals surface area contributed by atoms with Gasteiger partial charge in [0.15, 0.2) is 14.1 Å². The van der Waals surface area contributed by atoms with Crippen molar-refractivity contribution in [2.45, 2.75) is 137 Å². The maximum atomic E-state index is 15.7. The summed E-state index contributed by atoms with van der Waals surface area (Å²) < 4.78 is 40.2. The Kier molecular flexibility index (Phi) is 12.2. The quantitative estimate of drug-likeness (QED) is 0.162. The maximum Gasteiger partial charge on any atom is 0.404 e. The van der Waals surface area contributed by atoms with Gasteiger partial charge in [-0.05, 0) is 76.4 Å². The first-order valence-electron chi connectivity index (χ1n) is 18.7. The minimum atomic E-state index is -2.30. The number of ether oxygens (including phenoxy) is 2. The van der Waals surface area contributed by atoms with E-state index in [1.165, 1.54) is 0 Å². The summed E-state index contributed by atoms with van der Waals surface area (Å²) in [5.74, 6) is 2.04. The molecular weight excluding hydrogens is 715 g/mol. The third kappa shape index (κ3) is 9.70. The van der Waals surface area contributed by atoms with Crippen molar-refractivity contribution in [1.82, 2.24) is 20.0 Å². The van der Waals surface area contributed by atoms with Crippen molar-refractivity contribution in [3.63, 3.8) is 0 Å². The van der Waals surface area contributed by atoms with Crippen LogP contribution in [0.5, 0.6) is 5.75 Å². The van der Waals surface area contributed by atoms with Crippen LogP contribution >= 0.6 is 11.6 Å². The van der Waals surface area contributed by atoms with Crippen molar-refractivity contribution in [1.29, 1.82) is 0 Å². The predicted octanol–water partition coefficient (Wildman–Crippen LogP) is 9.03. The lowest BCUT2D eigenvalue weighted by molar-refractivity contribution is -0.0302. The normalized spacial score (nSPS) is 19.9. The molecule has 11 nitrogen and oxygen atoms in total. The van der Waals surface area contributed by atoms with E-state index in [2.05, 4.69) is 70.0 Å². The van der Waals surface area contributed by atoms with Crippen LogP contribution in [0.4, 0.5) is 15.0 Å². The molecule has 53 heavy (non-hydrogen) atoms. The second-order valence-electron chi connectivity index (χ2n) is 17.3. The summed E-state index contributed by atoms with van der Waals surface area (Å²) in [6, 6.07) is 5.53. The minimum absolute atomic E-state index is 0.0739. The summed E-state index contributed by atoms with van der Waals surface area (Å²) in [5, 5.41) is 8.00. The zero-order valence-electron chi connectivity index (χ0n) is 33.2. The third-order valence-electron chi connectivity index (χ3n) is 10.9. The number of halogens is 2. The highest BCUT2D eigenvalue weighted by Gasteiger charge is 2.44. The molecule has 3 heterocycles. The number of carbonyl (C=O) groups is 1. The first kappa shape index (κ1) is 40.9. The average Bonchev–Trinajstić information content (AvgIpc) is 3.85. The van der Waals surface area contributed by atoms with Gasteiger partial charge in [-0.2, -0.15) is 0 Å². The lowest BCUT2D eigenvalue weighted by Crippen LogP contribution is -2.52. The van der Waals surface area contributed by atoms with Crippen LogP contribution in [0, 0.1) is 26.2 Å². The highest BCUT2D eigenvalue weighted by atomic mass is 35.5. The first-order chi connectivity index (χ1) is 24.7. The fourth-order valence-electron chi connectivity index (χ4n) is 6.69. The molecule has 2 fully saturated rings. The molecule has 1 amide bonds. The molecule has 4 atom stereocenters. The minimum Gasteiger partial charge on any atom is -0.487 e. The van der Waals surface area contributed by atoms with Gasteiger partial charge in [0.2, 0.25) is 0 Å². The number of hydrogen-bond acceptors (Lipinski definition) is 10. The SMILES string of the molecule is Cc1noc(C)c1-c1nc(-c2cc(OC([C@@H](CCOC(N)=O)O[Si](C)(C)C(C)(C)C)C(C)(C)C)ccc2Cl)nc(N[C@H]2CCN(C3CC3)C[C@H]2F)c1C. The lowest BCUT2D eigenvalue weighted by Gasteiger charge is -2.44. The van der Waals surface area contributed by atoms with Gasteiger partial charge in [-0.3, -0.25) is 4.90 Å². The van der Waals surface area contributed by atoms with Gasteiger partial charge in [0, 0.05) is 42.1 Å². The Balaban J connectivity index is 1.53. The number of likely N-dealkylation sites (tertiary alicyclic amines) is 1. The van der Waals surface area contributed by atoms with E-state index >= 15 is 4.39 Å². The zero-order chi connectivity index (χ0) is 39.0. The van der Waals surface area contributed by atoms with Gasteiger partial charge in [0.25, 0.3) is 0 Å². The van der Waals surface area contributed by atoms with Crippen LogP contribution in [-0.2, 0) is 9.16 Å². The van der Waals surface area contributed by atoms with Gasteiger partial charge in [0.05, 0.1) is 40.7 Å². The molecule has 1 aromatic carbocycles. The molecule has 292 valence electrons. The van der Waals surface area contributed by atoms with Crippen LogP contribution in [0.2, 0.25) is 23.2 Å². The molecule has 5 rings (SSSR count). The Morgan fingerprint density at radius 3 is 2.40 bits per heavy atom. The molecule has 2 aromatic heterocycles. The van der Waals surface area contributed by atoms with Crippen molar-refractivity contribution in [2.75, 3.05) is 25.0 Å². The summed E-state index contributed by atoms with van der Waals surface area (Å²) in [6.45, 7) is 24.2. The molecule has 1 aliphatic carbocycles. The average molecular weight is 773 g/mol. The van der Waals surface area contributed by atoms with Gasteiger partial charge >= 0.3 is 6.09 Å². The fraction of sp³-hybridized carbons (Fsp3) is 0.641. The first-order valence-corrected chi connectivity index (χ1v) is 22.0. The number of rotatable bonds is 13. The predicted molar refractivity (Wildman–Crippen MR) is 210 cm³/mol. The molecule has 1 aliphatic heterocycles. The van der Waals surface area contributed by atoms with Crippen molar-refractivity contribution >= 4 is 31.8 Å². The standard InChI is InChI=1S/C39H58ClFN6O5Si/c1-22-33(32-23(2)46-51-24(32)3)44-36(45-35(22)43-30-16-18-47(21-29(30)41)25-12-13-25)27-20-26(14-15-28(27)40)50-34(38(4,5)6)31(17-19-49-37(42)48)52-53(10,11)39(7,8)9/h14-15,20,25,29-31,34H,12-13,16-19,21H2,1-11H3,(H2,42,48)(H,43,44,45)/t29-,30+,31-,34?/m1/s1. The Morgan fingerprint density at radius 1 is 1.13 bits per heavy atom. The largest absolute Gasteiger partial charge is 0.487 e. The number of carbonyl (C=O) groups excluding carboxylic acids is 1. The molecular formula is C39H58ClFN6O5Si. The smallest absolute Gasteiger partial charge is 0.404 e. The number of amides is 1. The molecule has 2 aliphatic rings. The number of nitrogens with one attached hydrogen (secondary N) is 1. The molecule has 14 heteroatoms. The molecule has 0 bridgehead atoms. The zero-order valence-corrected chi connectivity index (χ0v) is 35.0.